The highest BCUT2D eigenvalue weighted by molar-refractivity contribution is 9.10. The highest BCUT2D eigenvalue weighted by Gasteiger charge is 2.23. The number of benzene rings is 1. The maximum Gasteiger partial charge on any atom is 0.408 e. The smallest absolute Gasteiger partial charge is 0.408 e. The molecule has 2 aromatic rings. The highest BCUT2D eigenvalue weighted by Crippen LogP contribution is 2.24. The number of carbonyl (C=O) groups is 1. The van der Waals surface area contributed by atoms with Crippen LogP contribution in [0.4, 0.5) is 4.79 Å². The first kappa shape index (κ1) is 17.8. The fraction of sp³-hybridized carbons (Fsp3) is 0.375. The molecule has 1 atom stereocenters. The second-order valence-electron chi connectivity index (χ2n) is 6.12. The Hall–Kier alpha value is -1.53. The molecule has 0 spiro atoms. The Bertz CT molecular complexity index is 648. The third-order valence-electron chi connectivity index (χ3n) is 2.94. The van der Waals surface area contributed by atoms with Crippen molar-refractivity contribution in [2.24, 2.45) is 0 Å². The van der Waals surface area contributed by atoms with Crippen molar-refractivity contribution in [1.29, 1.82) is 0 Å². The fourth-order valence-electron chi connectivity index (χ4n) is 2.03. The number of carbonyl (C=O) groups excluding carboxylic acids is 1. The molecule has 0 aliphatic heterocycles. The average Bonchev–Trinajstić information content (AvgIpc) is 2.77. The van der Waals surface area contributed by atoms with E-state index in [-0.39, 0.29) is 6.04 Å². The third kappa shape index (κ3) is 5.55. The molecule has 23 heavy (non-hydrogen) atoms. The molecule has 2 N–H and O–H groups in total. The van der Waals surface area contributed by atoms with Gasteiger partial charge in [-0.15, -0.1) is 0 Å². The lowest BCUT2D eigenvalue weighted by Crippen LogP contribution is -2.36. The summed E-state index contributed by atoms with van der Waals surface area (Å²) in [5, 5.41) is 3.24. The Labute approximate surface area is 148 Å². The Balaban J connectivity index is 2.19. The van der Waals surface area contributed by atoms with Gasteiger partial charge in [0.15, 0.2) is 0 Å². The SMILES string of the molecule is CC(C)(C)OC(=O)N[C@@H](Cc1ccccc1)c1nc(Br)c(Cl)[nH]1. The summed E-state index contributed by atoms with van der Waals surface area (Å²) in [5.74, 6) is 0.566. The van der Waals surface area contributed by atoms with Gasteiger partial charge in [0.05, 0.1) is 6.04 Å². The molecule has 0 aliphatic rings. The normalized spacial score (nSPS) is 12.7. The van der Waals surface area contributed by atoms with Crippen molar-refractivity contribution in [2.45, 2.75) is 38.8 Å². The lowest BCUT2D eigenvalue weighted by atomic mass is 10.1. The number of H-pyrrole nitrogens is 1. The van der Waals surface area contributed by atoms with Crippen molar-refractivity contribution < 1.29 is 9.53 Å². The van der Waals surface area contributed by atoms with Crippen LogP contribution in [-0.4, -0.2) is 21.7 Å². The second-order valence-corrected chi connectivity index (χ2v) is 7.24. The lowest BCUT2D eigenvalue weighted by Gasteiger charge is -2.23. The van der Waals surface area contributed by atoms with E-state index in [4.69, 9.17) is 16.3 Å². The number of halogens is 2. The molecule has 0 bridgehead atoms. The number of aromatic amines is 1. The topological polar surface area (TPSA) is 67.0 Å². The number of hydrogen-bond acceptors (Lipinski definition) is 3. The number of aromatic nitrogens is 2. The summed E-state index contributed by atoms with van der Waals surface area (Å²) < 4.78 is 5.84. The average molecular weight is 401 g/mol. The largest absolute Gasteiger partial charge is 0.444 e. The molecule has 0 radical (unpaired) electrons. The number of nitrogens with one attached hydrogen (secondary N) is 2. The molecule has 0 aliphatic carbocycles. The Morgan fingerprint density at radius 2 is 2.04 bits per heavy atom. The molecule has 7 heteroatoms. The van der Waals surface area contributed by atoms with Gasteiger partial charge in [0.25, 0.3) is 0 Å². The Morgan fingerprint density at radius 3 is 2.57 bits per heavy atom. The van der Waals surface area contributed by atoms with Gasteiger partial charge in [0.1, 0.15) is 21.2 Å². The molecule has 0 unspecified atom stereocenters. The summed E-state index contributed by atoms with van der Waals surface area (Å²) in [5.41, 5.74) is 0.500. The maximum absolute atomic E-state index is 12.1. The summed E-state index contributed by atoms with van der Waals surface area (Å²) >= 11 is 9.28. The Kier molecular flexibility index (Phi) is 5.70. The first-order chi connectivity index (χ1) is 10.7. The van der Waals surface area contributed by atoms with Crippen molar-refractivity contribution in [3.63, 3.8) is 0 Å². The van der Waals surface area contributed by atoms with Crippen LogP contribution in [0.5, 0.6) is 0 Å². The molecule has 2 rings (SSSR count). The summed E-state index contributed by atoms with van der Waals surface area (Å²) in [7, 11) is 0. The van der Waals surface area contributed by atoms with Gasteiger partial charge in [-0.2, -0.15) is 0 Å². The van der Waals surface area contributed by atoms with Crippen LogP contribution in [0.1, 0.15) is 38.2 Å². The molecule has 1 aromatic heterocycles. The van der Waals surface area contributed by atoms with E-state index < -0.39 is 11.7 Å². The van der Waals surface area contributed by atoms with Crippen molar-refractivity contribution in [2.75, 3.05) is 0 Å². The molecule has 0 fully saturated rings. The van der Waals surface area contributed by atoms with E-state index in [1.165, 1.54) is 0 Å². The number of amides is 1. The molecule has 0 saturated heterocycles. The zero-order chi connectivity index (χ0) is 17.0. The second kappa shape index (κ2) is 7.36. The van der Waals surface area contributed by atoms with E-state index in [9.17, 15) is 4.79 Å². The molecule has 1 amide bonds. The van der Waals surface area contributed by atoms with Gasteiger partial charge < -0.3 is 15.0 Å². The Morgan fingerprint density at radius 1 is 1.39 bits per heavy atom. The van der Waals surface area contributed by atoms with Crippen molar-refractivity contribution in [3.05, 3.63) is 51.5 Å². The summed E-state index contributed by atoms with van der Waals surface area (Å²) in [4.78, 5) is 19.4. The molecule has 0 saturated carbocycles. The summed E-state index contributed by atoms with van der Waals surface area (Å²) in [6.45, 7) is 5.46. The number of hydrogen-bond donors (Lipinski definition) is 2. The minimum absolute atomic E-state index is 0.379. The van der Waals surface area contributed by atoms with Gasteiger partial charge in [0, 0.05) is 6.42 Å². The quantitative estimate of drug-likeness (QED) is 0.786. The summed E-state index contributed by atoms with van der Waals surface area (Å²) in [6.07, 6.45) is 0.0678. The van der Waals surface area contributed by atoms with Crippen LogP contribution in [0.3, 0.4) is 0 Å². The van der Waals surface area contributed by atoms with Gasteiger partial charge in [0.2, 0.25) is 0 Å². The predicted molar refractivity (Wildman–Crippen MR) is 93.6 cm³/mol. The first-order valence-corrected chi connectivity index (χ1v) is 8.36. The van der Waals surface area contributed by atoms with E-state index in [0.717, 1.165) is 5.56 Å². The fourth-order valence-corrected chi connectivity index (χ4v) is 2.46. The van der Waals surface area contributed by atoms with E-state index in [2.05, 4.69) is 31.2 Å². The first-order valence-electron chi connectivity index (χ1n) is 7.19. The molecule has 124 valence electrons. The molecule has 1 aromatic carbocycles. The zero-order valence-electron chi connectivity index (χ0n) is 13.2. The minimum Gasteiger partial charge on any atom is -0.444 e. The zero-order valence-corrected chi connectivity index (χ0v) is 15.5. The number of ether oxygens (including phenoxy) is 1. The van der Waals surface area contributed by atoms with Gasteiger partial charge in [-0.25, -0.2) is 9.78 Å². The predicted octanol–water partition coefficient (Wildman–Crippen LogP) is 4.63. The number of imidazole rings is 1. The van der Waals surface area contributed by atoms with E-state index in [1.54, 1.807) is 0 Å². The molecule has 1 heterocycles. The van der Waals surface area contributed by atoms with Crippen LogP contribution in [0.15, 0.2) is 34.9 Å². The number of nitrogens with zero attached hydrogens (tertiary/aromatic N) is 1. The van der Waals surface area contributed by atoms with Crippen LogP contribution in [-0.2, 0) is 11.2 Å². The van der Waals surface area contributed by atoms with Crippen molar-refractivity contribution in [3.8, 4) is 0 Å². The van der Waals surface area contributed by atoms with Gasteiger partial charge in [-0.1, -0.05) is 41.9 Å². The van der Waals surface area contributed by atoms with Crippen LogP contribution < -0.4 is 5.32 Å². The highest BCUT2D eigenvalue weighted by atomic mass is 79.9. The molecular weight excluding hydrogens is 382 g/mol. The van der Waals surface area contributed by atoms with Crippen LogP contribution in [0.2, 0.25) is 5.15 Å². The monoisotopic (exact) mass is 399 g/mol. The van der Waals surface area contributed by atoms with Crippen LogP contribution in [0.25, 0.3) is 0 Å². The molecule has 5 nitrogen and oxygen atoms in total. The van der Waals surface area contributed by atoms with Gasteiger partial charge in [-0.05, 0) is 42.3 Å². The number of rotatable bonds is 4. The number of alkyl carbamates (subject to hydrolysis) is 1. The lowest BCUT2D eigenvalue weighted by molar-refractivity contribution is 0.0501. The van der Waals surface area contributed by atoms with E-state index in [1.807, 2.05) is 51.1 Å². The molecular formula is C16H19BrClN3O2. The van der Waals surface area contributed by atoms with E-state index >= 15 is 0 Å². The van der Waals surface area contributed by atoms with Crippen LogP contribution >= 0.6 is 27.5 Å². The maximum atomic E-state index is 12.1. The summed E-state index contributed by atoms with van der Waals surface area (Å²) in [6, 6.07) is 9.44. The standard InChI is InChI=1S/C16H19BrClN3O2/c1-16(2,3)23-15(22)19-11(9-10-7-5-4-6-8-10)14-20-12(17)13(18)21-14/h4-8,11H,9H2,1-3H3,(H,19,22)(H,20,21)/t11-/m0/s1. The van der Waals surface area contributed by atoms with Crippen LogP contribution in [0, 0.1) is 0 Å². The minimum atomic E-state index is -0.567. The van der Waals surface area contributed by atoms with Gasteiger partial charge >= 0.3 is 6.09 Å². The third-order valence-corrected chi connectivity index (χ3v) is 4.02. The van der Waals surface area contributed by atoms with Gasteiger partial charge in [-0.3, -0.25) is 0 Å². The van der Waals surface area contributed by atoms with E-state index in [0.29, 0.717) is 22.0 Å². The van der Waals surface area contributed by atoms with Crippen molar-refractivity contribution in [1.82, 2.24) is 15.3 Å². The van der Waals surface area contributed by atoms with Crippen molar-refractivity contribution >= 4 is 33.6 Å².